The summed E-state index contributed by atoms with van der Waals surface area (Å²) in [5, 5.41) is 0. The van der Waals surface area contributed by atoms with Crippen molar-refractivity contribution in [3.8, 4) is 0 Å². The Bertz CT molecular complexity index is 347. The van der Waals surface area contributed by atoms with Crippen molar-refractivity contribution in [2.45, 2.75) is 25.2 Å². The van der Waals surface area contributed by atoms with Crippen LogP contribution >= 0.6 is 0 Å². The monoisotopic (exact) mass is 195 g/mol. The quantitative estimate of drug-likeness (QED) is 0.749. The first-order chi connectivity index (χ1) is 6.68. The zero-order chi connectivity index (χ0) is 10.2. The fraction of sp³-hybridized carbons (Fsp3) is 0.455. The number of hydrogen-bond acceptors (Lipinski definition) is 2. The summed E-state index contributed by atoms with van der Waals surface area (Å²) in [5.74, 6) is 4.91. The minimum Gasteiger partial charge on any atom is -0.304 e. The van der Waals surface area contributed by atoms with Gasteiger partial charge in [0.15, 0.2) is 0 Å². The summed E-state index contributed by atoms with van der Waals surface area (Å²) in [4.78, 5) is 4.65. The Balaban J connectivity index is 2.35. The van der Waals surface area contributed by atoms with Gasteiger partial charge in [-0.1, -0.05) is 17.7 Å². The lowest BCUT2D eigenvalue weighted by Crippen LogP contribution is -2.19. The van der Waals surface area contributed by atoms with Crippen molar-refractivity contribution in [2.24, 2.45) is 5.90 Å². The molecule has 14 heavy (non-hydrogen) atoms. The third-order valence-electron chi connectivity index (χ3n) is 2.91. The fourth-order valence-corrected chi connectivity index (χ4v) is 1.85. The average Bonchev–Trinajstić information content (AvgIpc) is 2.91. The van der Waals surface area contributed by atoms with Crippen LogP contribution in [0.4, 0.5) is 4.39 Å². The summed E-state index contributed by atoms with van der Waals surface area (Å²) in [5.41, 5.74) is 1.68. The second-order valence-electron chi connectivity index (χ2n) is 4.07. The van der Waals surface area contributed by atoms with E-state index in [1.54, 1.807) is 6.07 Å². The SMILES string of the molecule is Cc1ccc(F)c(C2(CON)CC2)c1. The summed E-state index contributed by atoms with van der Waals surface area (Å²) < 4.78 is 13.5. The standard InChI is InChI=1S/C11H14FNO/c1-8-2-3-10(12)9(6-8)11(4-5-11)7-14-13/h2-3,6H,4-5,7,13H2,1H3. The molecule has 2 nitrogen and oxygen atoms in total. The molecule has 0 heterocycles. The summed E-state index contributed by atoms with van der Waals surface area (Å²) in [6, 6.07) is 5.18. The molecule has 1 aliphatic carbocycles. The normalized spacial score (nSPS) is 18.2. The van der Waals surface area contributed by atoms with Gasteiger partial charge in [0, 0.05) is 5.41 Å². The number of nitrogens with two attached hydrogens (primary N) is 1. The number of benzene rings is 1. The smallest absolute Gasteiger partial charge is 0.127 e. The summed E-state index contributed by atoms with van der Waals surface area (Å²) >= 11 is 0. The van der Waals surface area contributed by atoms with Crippen molar-refractivity contribution in [2.75, 3.05) is 6.61 Å². The van der Waals surface area contributed by atoms with Crippen molar-refractivity contribution in [1.82, 2.24) is 0 Å². The fourth-order valence-electron chi connectivity index (χ4n) is 1.85. The third kappa shape index (κ3) is 1.53. The first kappa shape index (κ1) is 9.62. The van der Waals surface area contributed by atoms with Gasteiger partial charge in [-0.15, -0.1) is 0 Å². The van der Waals surface area contributed by atoms with Crippen LogP contribution in [0.25, 0.3) is 0 Å². The van der Waals surface area contributed by atoms with Gasteiger partial charge in [0.05, 0.1) is 6.61 Å². The molecule has 0 saturated heterocycles. The summed E-state index contributed by atoms with van der Waals surface area (Å²) in [6.45, 7) is 2.37. The van der Waals surface area contributed by atoms with Crippen LogP contribution in [0.5, 0.6) is 0 Å². The molecule has 2 N–H and O–H groups in total. The van der Waals surface area contributed by atoms with Crippen LogP contribution in [-0.2, 0) is 10.3 Å². The Morgan fingerprint density at radius 1 is 1.50 bits per heavy atom. The molecule has 0 spiro atoms. The lowest BCUT2D eigenvalue weighted by atomic mass is 9.95. The lowest BCUT2D eigenvalue weighted by Gasteiger charge is -2.15. The number of aryl methyl sites for hydroxylation is 1. The Morgan fingerprint density at radius 3 is 2.79 bits per heavy atom. The number of hydrogen-bond donors (Lipinski definition) is 1. The van der Waals surface area contributed by atoms with Crippen LogP contribution in [-0.4, -0.2) is 6.61 Å². The van der Waals surface area contributed by atoms with Gasteiger partial charge in [0.25, 0.3) is 0 Å². The zero-order valence-corrected chi connectivity index (χ0v) is 8.22. The van der Waals surface area contributed by atoms with Gasteiger partial charge in [-0.25, -0.2) is 10.3 Å². The van der Waals surface area contributed by atoms with Gasteiger partial charge < -0.3 is 4.84 Å². The minimum absolute atomic E-state index is 0.148. The van der Waals surface area contributed by atoms with E-state index in [4.69, 9.17) is 5.90 Å². The van der Waals surface area contributed by atoms with Crippen LogP contribution in [0.3, 0.4) is 0 Å². The third-order valence-corrected chi connectivity index (χ3v) is 2.91. The van der Waals surface area contributed by atoms with Crippen molar-refractivity contribution in [3.05, 3.63) is 35.1 Å². The predicted octanol–water partition coefficient (Wildman–Crippen LogP) is 2.06. The molecular formula is C11H14FNO. The predicted molar refractivity (Wildman–Crippen MR) is 52.2 cm³/mol. The van der Waals surface area contributed by atoms with E-state index in [2.05, 4.69) is 4.84 Å². The Morgan fingerprint density at radius 2 is 2.21 bits per heavy atom. The highest BCUT2D eigenvalue weighted by Crippen LogP contribution is 2.49. The molecule has 1 aromatic carbocycles. The van der Waals surface area contributed by atoms with E-state index in [-0.39, 0.29) is 11.2 Å². The van der Waals surface area contributed by atoms with Crippen molar-refractivity contribution >= 4 is 0 Å². The van der Waals surface area contributed by atoms with Crippen molar-refractivity contribution < 1.29 is 9.23 Å². The highest BCUT2D eigenvalue weighted by Gasteiger charge is 2.46. The maximum Gasteiger partial charge on any atom is 0.127 e. The van der Waals surface area contributed by atoms with Crippen LogP contribution in [0.15, 0.2) is 18.2 Å². The molecule has 1 aromatic rings. The molecule has 0 aliphatic heterocycles. The van der Waals surface area contributed by atoms with Crippen LogP contribution in [0, 0.1) is 12.7 Å². The second kappa shape index (κ2) is 3.33. The van der Waals surface area contributed by atoms with Gasteiger partial charge in [-0.2, -0.15) is 0 Å². The summed E-state index contributed by atoms with van der Waals surface area (Å²) in [6.07, 6.45) is 1.93. The molecule has 0 atom stereocenters. The average molecular weight is 195 g/mol. The highest BCUT2D eigenvalue weighted by atomic mass is 19.1. The van der Waals surface area contributed by atoms with Crippen LogP contribution in [0.2, 0.25) is 0 Å². The minimum atomic E-state index is -0.148. The maximum atomic E-state index is 13.5. The number of halogens is 1. The molecule has 1 aliphatic rings. The molecule has 0 amide bonds. The van der Waals surface area contributed by atoms with Gasteiger partial charge in [0.1, 0.15) is 5.82 Å². The van der Waals surface area contributed by atoms with Crippen molar-refractivity contribution in [3.63, 3.8) is 0 Å². The lowest BCUT2D eigenvalue weighted by molar-refractivity contribution is 0.115. The topological polar surface area (TPSA) is 35.2 Å². The van der Waals surface area contributed by atoms with E-state index in [9.17, 15) is 4.39 Å². The van der Waals surface area contributed by atoms with Crippen LogP contribution in [0.1, 0.15) is 24.0 Å². The molecule has 3 heteroatoms. The summed E-state index contributed by atoms with van der Waals surface area (Å²) in [7, 11) is 0. The van der Waals surface area contributed by atoms with Gasteiger partial charge in [-0.05, 0) is 31.4 Å². The molecule has 76 valence electrons. The highest BCUT2D eigenvalue weighted by molar-refractivity contribution is 5.35. The van der Waals surface area contributed by atoms with E-state index in [1.165, 1.54) is 6.07 Å². The Labute approximate surface area is 82.8 Å². The van der Waals surface area contributed by atoms with Gasteiger partial charge in [-0.3, -0.25) is 0 Å². The molecule has 1 saturated carbocycles. The van der Waals surface area contributed by atoms with E-state index in [0.717, 1.165) is 24.0 Å². The van der Waals surface area contributed by atoms with Crippen LogP contribution < -0.4 is 5.90 Å². The Hall–Kier alpha value is -0.930. The zero-order valence-electron chi connectivity index (χ0n) is 8.22. The first-order valence-electron chi connectivity index (χ1n) is 4.76. The van der Waals surface area contributed by atoms with E-state index in [0.29, 0.717) is 6.61 Å². The second-order valence-corrected chi connectivity index (χ2v) is 4.07. The van der Waals surface area contributed by atoms with E-state index >= 15 is 0 Å². The first-order valence-corrected chi connectivity index (χ1v) is 4.76. The largest absolute Gasteiger partial charge is 0.304 e. The van der Waals surface area contributed by atoms with Gasteiger partial charge >= 0.3 is 0 Å². The van der Waals surface area contributed by atoms with E-state index < -0.39 is 0 Å². The van der Waals surface area contributed by atoms with Gasteiger partial charge in [0.2, 0.25) is 0 Å². The number of rotatable bonds is 3. The van der Waals surface area contributed by atoms with E-state index in [1.807, 2.05) is 13.0 Å². The molecular weight excluding hydrogens is 181 g/mol. The maximum absolute atomic E-state index is 13.5. The molecule has 1 fully saturated rings. The molecule has 0 aromatic heterocycles. The molecule has 2 rings (SSSR count). The Kier molecular flexibility index (Phi) is 2.29. The molecule has 0 unspecified atom stereocenters. The molecule has 0 bridgehead atoms. The molecule has 0 radical (unpaired) electrons. The van der Waals surface area contributed by atoms with Crippen molar-refractivity contribution in [1.29, 1.82) is 0 Å².